The Morgan fingerprint density at radius 2 is 2.00 bits per heavy atom. The lowest BCUT2D eigenvalue weighted by molar-refractivity contribution is 0.416. The SMILES string of the molecule is COc1cc(C)c(Cl)cc1NS(C)(=O)=O. The van der Waals surface area contributed by atoms with Crippen molar-refractivity contribution in [3.8, 4) is 5.75 Å². The van der Waals surface area contributed by atoms with Gasteiger partial charge in [-0.3, -0.25) is 4.72 Å². The third-order valence-corrected chi connectivity index (χ3v) is 2.77. The van der Waals surface area contributed by atoms with Crippen LogP contribution in [0.2, 0.25) is 5.02 Å². The molecule has 0 bridgehead atoms. The lowest BCUT2D eigenvalue weighted by atomic mass is 10.2. The Bertz CT molecular complexity index is 470. The number of hydrogen-bond donors (Lipinski definition) is 1. The van der Waals surface area contributed by atoms with Crippen LogP contribution in [0.4, 0.5) is 5.69 Å². The van der Waals surface area contributed by atoms with Crippen molar-refractivity contribution < 1.29 is 13.2 Å². The van der Waals surface area contributed by atoms with Crippen LogP contribution in [0.25, 0.3) is 0 Å². The lowest BCUT2D eigenvalue weighted by Crippen LogP contribution is -2.10. The van der Waals surface area contributed by atoms with Crippen LogP contribution < -0.4 is 9.46 Å². The second-order valence-corrected chi connectivity index (χ2v) is 5.33. The molecule has 0 aliphatic heterocycles. The van der Waals surface area contributed by atoms with Crippen LogP contribution in [0.1, 0.15) is 5.56 Å². The molecule has 0 spiro atoms. The Morgan fingerprint density at radius 3 is 2.47 bits per heavy atom. The number of methoxy groups -OCH3 is 1. The summed E-state index contributed by atoms with van der Waals surface area (Å²) >= 11 is 5.88. The number of hydrogen-bond acceptors (Lipinski definition) is 3. The predicted octanol–water partition coefficient (Wildman–Crippen LogP) is 2.03. The third-order valence-electron chi connectivity index (χ3n) is 1.78. The third kappa shape index (κ3) is 3.28. The zero-order chi connectivity index (χ0) is 11.6. The van der Waals surface area contributed by atoms with Crippen molar-refractivity contribution in [3.63, 3.8) is 0 Å². The van der Waals surface area contributed by atoms with E-state index >= 15 is 0 Å². The summed E-state index contributed by atoms with van der Waals surface area (Å²) in [5, 5.41) is 0.488. The first-order chi connectivity index (χ1) is 6.83. The number of rotatable bonds is 3. The van der Waals surface area contributed by atoms with Gasteiger partial charge in [-0.1, -0.05) is 11.6 Å². The van der Waals surface area contributed by atoms with Gasteiger partial charge < -0.3 is 4.74 Å². The van der Waals surface area contributed by atoms with E-state index < -0.39 is 10.0 Å². The van der Waals surface area contributed by atoms with E-state index in [4.69, 9.17) is 16.3 Å². The summed E-state index contributed by atoms with van der Waals surface area (Å²) in [6.45, 7) is 1.81. The number of benzene rings is 1. The molecule has 6 heteroatoms. The molecule has 0 fully saturated rings. The minimum Gasteiger partial charge on any atom is -0.495 e. The largest absolute Gasteiger partial charge is 0.495 e. The van der Waals surface area contributed by atoms with E-state index in [2.05, 4.69) is 4.72 Å². The molecule has 1 aromatic rings. The topological polar surface area (TPSA) is 55.4 Å². The molecule has 84 valence electrons. The van der Waals surface area contributed by atoms with Gasteiger partial charge in [0.25, 0.3) is 0 Å². The fraction of sp³-hybridized carbons (Fsp3) is 0.333. The number of anilines is 1. The van der Waals surface area contributed by atoms with Crippen LogP contribution in [0.5, 0.6) is 5.75 Å². The number of halogens is 1. The first-order valence-corrected chi connectivity index (χ1v) is 6.42. The molecule has 1 N–H and O–H groups in total. The zero-order valence-corrected chi connectivity index (χ0v) is 10.2. The minimum absolute atomic E-state index is 0.343. The Labute approximate surface area is 94.3 Å². The van der Waals surface area contributed by atoms with Crippen molar-refractivity contribution >= 4 is 27.3 Å². The van der Waals surface area contributed by atoms with Crippen molar-refractivity contribution in [2.45, 2.75) is 6.92 Å². The molecule has 0 amide bonds. The van der Waals surface area contributed by atoms with Crippen LogP contribution in [0, 0.1) is 6.92 Å². The molecule has 1 rings (SSSR count). The molecule has 0 saturated heterocycles. The van der Waals surface area contributed by atoms with Gasteiger partial charge in [0, 0.05) is 5.02 Å². The molecule has 0 unspecified atom stereocenters. The Morgan fingerprint density at radius 1 is 1.40 bits per heavy atom. The van der Waals surface area contributed by atoms with Gasteiger partial charge in [0.1, 0.15) is 5.75 Å². The summed E-state index contributed by atoms with van der Waals surface area (Å²) in [4.78, 5) is 0. The highest BCUT2D eigenvalue weighted by Gasteiger charge is 2.10. The number of nitrogens with one attached hydrogen (secondary N) is 1. The highest BCUT2D eigenvalue weighted by atomic mass is 35.5. The van der Waals surface area contributed by atoms with Gasteiger partial charge in [-0.15, -0.1) is 0 Å². The normalized spacial score (nSPS) is 11.2. The molecule has 0 saturated carbocycles. The molecule has 0 aliphatic rings. The molecular weight excluding hydrogens is 238 g/mol. The van der Waals surface area contributed by atoms with Gasteiger partial charge in [0.2, 0.25) is 10.0 Å². The van der Waals surface area contributed by atoms with Gasteiger partial charge in [-0.05, 0) is 24.6 Å². The highest BCUT2D eigenvalue weighted by molar-refractivity contribution is 7.92. The molecule has 0 aromatic heterocycles. The van der Waals surface area contributed by atoms with Gasteiger partial charge in [0.05, 0.1) is 19.1 Å². The van der Waals surface area contributed by atoms with Crippen molar-refractivity contribution in [2.24, 2.45) is 0 Å². The van der Waals surface area contributed by atoms with E-state index in [-0.39, 0.29) is 0 Å². The molecule has 0 heterocycles. The smallest absolute Gasteiger partial charge is 0.229 e. The van der Waals surface area contributed by atoms with Crippen LogP contribution in [0.15, 0.2) is 12.1 Å². The summed E-state index contributed by atoms with van der Waals surface area (Å²) in [7, 11) is -1.86. The molecule has 1 aromatic carbocycles. The highest BCUT2D eigenvalue weighted by Crippen LogP contribution is 2.31. The van der Waals surface area contributed by atoms with Crippen LogP contribution in [-0.4, -0.2) is 21.8 Å². The van der Waals surface area contributed by atoms with E-state index in [1.165, 1.54) is 13.2 Å². The van der Waals surface area contributed by atoms with Crippen LogP contribution in [-0.2, 0) is 10.0 Å². The van der Waals surface area contributed by atoms with Crippen LogP contribution >= 0.6 is 11.6 Å². The minimum atomic E-state index is -3.33. The number of ether oxygens (including phenoxy) is 1. The second kappa shape index (κ2) is 4.28. The average molecular weight is 250 g/mol. The van der Waals surface area contributed by atoms with Crippen molar-refractivity contribution in [2.75, 3.05) is 18.1 Å². The second-order valence-electron chi connectivity index (χ2n) is 3.18. The monoisotopic (exact) mass is 249 g/mol. The van der Waals surface area contributed by atoms with E-state index in [0.29, 0.717) is 16.5 Å². The van der Waals surface area contributed by atoms with Crippen molar-refractivity contribution in [3.05, 3.63) is 22.7 Å². The molecule has 4 nitrogen and oxygen atoms in total. The number of sulfonamides is 1. The van der Waals surface area contributed by atoms with Gasteiger partial charge in [0.15, 0.2) is 0 Å². The predicted molar refractivity (Wildman–Crippen MR) is 61.2 cm³/mol. The van der Waals surface area contributed by atoms with Crippen molar-refractivity contribution in [1.29, 1.82) is 0 Å². The first-order valence-electron chi connectivity index (χ1n) is 4.15. The summed E-state index contributed by atoms with van der Waals surface area (Å²) < 4.78 is 29.5. The van der Waals surface area contributed by atoms with Crippen LogP contribution in [0.3, 0.4) is 0 Å². The van der Waals surface area contributed by atoms with E-state index in [1.54, 1.807) is 6.07 Å². The van der Waals surface area contributed by atoms with E-state index in [1.807, 2.05) is 6.92 Å². The Kier molecular flexibility index (Phi) is 3.46. The van der Waals surface area contributed by atoms with Gasteiger partial charge >= 0.3 is 0 Å². The quantitative estimate of drug-likeness (QED) is 0.892. The Balaban J connectivity index is 3.22. The van der Waals surface area contributed by atoms with E-state index in [0.717, 1.165) is 11.8 Å². The molecule has 0 radical (unpaired) electrons. The lowest BCUT2D eigenvalue weighted by Gasteiger charge is -2.11. The summed E-state index contributed by atoms with van der Waals surface area (Å²) in [6.07, 6.45) is 1.07. The van der Waals surface area contributed by atoms with Gasteiger partial charge in [-0.2, -0.15) is 0 Å². The fourth-order valence-corrected chi connectivity index (χ4v) is 1.83. The molecule has 15 heavy (non-hydrogen) atoms. The first kappa shape index (κ1) is 12.1. The standard InChI is InChI=1S/C9H12ClNO3S/c1-6-4-9(14-2)8(5-7(6)10)11-15(3,12)13/h4-5,11H,1-3H3. The zero-order valence-electron chi connectivity index (χ0n) is 8.67. The fourth-order valence-electron chi connectivity index (χ4n) is 1.10. The van der Waals surface area contributed by atoms with Crippen molar-refractivity contribution in [1.82, 2.24) is 0 Å². The Hall–Kier alpha value is -0.940. The average Bonchev–Trinajstić information content (AvgIpc) is 2.08. The molecule has 0 atom stereocenters. The van der Waals surface area contributed by atoms with Gasteiger partial charge in [-0.25, -0.2) is 8.42 Å². The molecular formula is C9H12ClNO3S. The molecule has 0 aliphatic carbocycles. The summed E-state index contributed by atoms with van der Waals surface area (Å²) in [5.41, 5.74) is 1.17. The maximum absolute atomic E-state index is 11.1. The summed E-state index contributed by atoms with van der Waals surface area (Å²) in [6, 6.07) is 3.20. The maximum Gasteiger partial charge on any atom is 0.229 e. The summed E-state index contributed by atoms with van der Waals surface area (Å²) in [5.74, 6) is 0.447. The number of aryl methyl sites for hydroxylation is 1. The van der Waals surface area contributed by atoms with E-state index in [9.17, 15) is 8.42 Å². The maximum atomic E-state index is 11.1.